The van der Waals surface area contributed by atoms with E-state index in [1.807, 2.05) is 31.2 Å². The third-order valence-electron chi connectivity index (χ3n) is 2.65. The van der Waals surface area contributed by atoms with E-state index in [1.54, 1.807) is 0 Å². The summed E-state index contributed by atoms with van der Waals surface area (Å²) in [6.45, 7) is 1.28. The van der Waals surface area contributed by atoms with Crippen molar-refractivity contribution in [3.8, 4) is 0 Å². The van der Waals surface area contributed by atoms with Crippen molar-refractivity contribution in [2.75, 3.05) is 13.7 Å². The monoisotopic (exact) mass is 251 g/mol. The van der Waals surface area contributed by atoms with Crippen molar-refractivity contribution in [3.63, 3.8) is 0 Å². The van der Waals surface area contributed by atoms with Gasteiger partial charge in [-0.15, -0.1) is 0 Å². The summed E-state index contributed by atoms with van der Waals surface area (Å²) in [5, 5.41) is 11.1. The predicted octanol–water partition coefficient (Wildman–Crippen LogP) is 0.188. The summed E-state index contributed by atoms with van der Waals surface area (Å²) < 4.78 is 4.63. The van der Waals surface area contributed by atoms with Crippen LogP contribution < -0.4 is 5.32 Å². The highest BCUT2D eigenvalue weighted by atomic mass is 16.5. The lowest BCUT2D eigenvalue weighted by Crippen LogP contribution is -2.44. The van der Waals surface area contributed by atoms with Crippen molar-refractivity contribution in [2.24, 2.45) is 0 Å². The largest absolute Gasteiger partial charge is 0.467 e. The van der Waals surface area contributed by atoms with E-state index in [2.05, 4.69) is 10.1 Å². The van der Waals surface area contributed by atoms with Gasteiger partial charge >= 0.3 is 5.97 Å². The number of aliphatic hydroxyl groups excluding tert-OH is 1. The number of methoxy groups -OCH3 is 1. The van der Waals surface area contributed by atoms with Gasteiger partial charge in [-0.25, -0.2) is 4.79 Å². The van der Waals surface area contributed by atoms with Gasteiger partial charge in [-0.05, 0) is 18.1 Å². The highest BCUT2D eigenvalue weighted by Gasteiger charge is 2.22. The lowest BCUT2D eigenvalue weighted by Gasteiger charge is -2.17. The second-order valence-electron chi connectivity index (χ2n) is 3.93. The van der Waals surface area contributed by atoms with E-state index < -0.39 is 24.5 Å². The quantitative estimate of drug-likeness (QED) is 0.732. The molecule has 0 saturated heterocycles. The molecule has 1 rings (SSSR count). The van der Waals surface area contributed by atoms with Gasteiger partial charge in [-0.1, -0.05) is 24.3 Å². The third kappa shape index (κ3) is 3.85. The summed E-state index contributed by atoms with van der Waals surface area (Å²) in [6.07, 6.45) is 0.338. The summed E-state index contributed by atoms with van der Waals surface area (Å²) >= 11 is 0. The number of nitrogens with one attached hydrogen (secondary N) is 1. The first-order valence-corrected chi connectivity index (χ1v) is 5.61. The van der Waals surface area contributed by atoms with E-state index in [4.69, 9.17) is 5.11 Å². The second-order valence-corrected chi connectivity index (χ2v) is 3.93. The maximum atomic E-state index is 11.6. The molecule has 1 aromatic rings. The van der Waals surface area contributed by atoms with Crippen LogP contribution in [0, 0.1) is 6.92 Å². The number of ether oxygens (including phenoxy) is 1. The molecular weight excluding hydrogens is 234 g/mol. The Morgan fingerprint density at radius 1 is 1.39 bits per heavy atom. The predicted molar refractivity (Wildman–Crippen MR) is 65.9 cm³/mol. The maximum Gasteiger partial charge on any atom is 0.328 e. The molecule has 98 valence electrons. The summed E-state index contributed by atoms with van der Waals surface area (Å²) in [5.41, 5.74) is 1.98. The topological polar surface area (TPSA) is 75.6 Å². The van der Waals surface area contributed by atoms with Crippen molar-refractivity contribution in [2.45, 2.75) is 19.4 Å². The zero-order valence-electron chi connectivity index (χ0n) is 10.5. The molecule has 2 N–H and O–H groups in total. The summed E-state index contributed by atoms with van der Waals surface area (Å²) in [6, 6.07) is 6.80. The van der Waals surface area contributed by atoms with Gasteiger partial charge in [-0.3, -0.25) is 4.79 Å². The number of benzene rings is 1. The van der Waals surface area contributed by atoms with Gasteiger partial charge in [-0.2, -0.15) is 0 Å². The SMILES string of the molecule is COC(=O)[C@@H](Cc1ccccc1C)NC(=O)CO. The molecule has 0 saturated carbocycles. The number of hydrogen-bond acceptors (Lipinski definition) is 4. The van der Waals surface area contributed by atoms with Crippen molar-refractivity contribution >= 4 is 11.9 Å². The number of aliphatic hydroxyl groups is 1. The molecule has 0 aliphatic heterocycles. The molecule has 0 aliphatic carbocycles. The molecule has 5 nitrogen and oxygen atoms in total. The normalized spacial score (nSPS) is 11.7. The van der Waals surface area contributed by atoms with Crippen molar-refractivity contribution in [1.82, 2.24) is 5.32 Å². The molecule has 1 amide bonds. The molecule has 1 aromatic carbocycles. The summed E-state index contributed by atoms with van der Waals surface area (Å²) in [7, 11) is 1.26. The average Bonchev–Trinajstić information content (AvgIpc) is 2.39. The third-order valence-corrected chi connectivity index (χ3v) is 2.65. The van der Waals surface area contributed by atoms with Gasteiger partial charge < -0.3 is 15.2 Å². The van der Waals surface area contributed by atoms with E-state index in [-0.39, 0.29) is 0 Å². The van der Waals surface area contributed by atoms with E-state index in [0.29, 0.717) is 6.42 Å². The Balaban J connectivity index is 2.82. The number of rotatable bonds is 5. The zero-order valence-corrected chi connectivity index (χ0v) is 10.5. The molecule has 0 spiro atoms. The Labute approximate surface area is 106 Å². The van der Waals surface area contributed by atoms with Gasteiger partial charge in [0.05, 0.1) is 7.11 Å². The number of esters is 1. The summed E-state index contributed by atoms with van der Waals surface area (Å²) in [5.74, 6) is -1.13. The van der Waals surface area contributed by atoms with Crippen LogP contribution in [0.25, 0.3) is 0 Å². The fraction of sp³-hybridized carbons (Fsp3) is 0.385. The van der Waals surface area contributed by atoms with Gasteiger partial charge in [0, 0.05) is 6.42 Å². The fourth-order valence-electron chi connectivity index (χ4n) is 1.63. The van der Waals surface area contributed by atoms with E-state index in [1.165, 1.54) is 7.11 Å². The highest BCUT2D eigenvalue weighted by Crippen LogP contribution is 2.10. The standard InChI is InChI=1S/C13H17NO4/c1-9-5-3-4-6-10(9)7-11(13(17)18-2)14-12(16)8-15/h3-6,11,15H,7-8H2,1-2H3,(H,14,16)/t11-/m1/s1. The lowest BCUT2D eigenvalue weighted by molar-refractivity contribution is -0.145. The molecule has 18 heavy (non-hydrogen) atoms. The number of carbonyl (C=O) groups excluding carboxylic acids is 2. The van der Waals surface area contributed by atoms with Crippen LogP contribution in [0.5, 0.6) is 0 Å². The van der Waals surface area contributed by atoms with Gasteiger partial charge in [0.15, 0.2) is 0 Å². The molecule has 0 bridgehead atoms. The molecule has 0 aliphatic rings. The molecule has 1 atom stereocenters. The number of carbonyl (C=O) groups is 2. The Morgan fingerprint density at radius 2 is 2.06 bits per heavy atom. The minimum Gasteiger partial charge on any atom is -0.467 e. The van der Waals surface area contributed by atoms with Gasteiger partial charge in [0.2, 0.25) is 5.91 Å². The van der Waals surface area contributed by atoms with Gasteiger partial charge in [0.25, 0.3) is 0 Å². The molecule has 0 aromatic heterocycles. The van der Waals surface area contributed by atoms with Crippen molar-refractivity contribution in [1.29, 1.82) is 0 Å². The van der Waals surface area contributed by atoms with E-state index in [0.717, 1.165) is 11.1 Å². The Morgan fingerprint density at radius 3 is 2.61 bits per heavy atom. The number of amides is 1. The number of aryl methyl sites for hydroxylation is 1. The lowest BCUT2D eigenvalue weighted by atomic mass is 10.0. The smallest absolute Gasteiger partial charge is 0.328 e. The summed E-state index contributed by atoms with van der Waals surface area (Å²) in [4.78, 5) is 22.7. The van der Waals surface area contributed by atoms with Crippen LogP contribution in [0.3, 0.4) is 0 Å². The molecular formula is C13H17NO4. The van der Waals surface area contributed by atoms with Crippen LogP contribution >= 0.6 is 0 Å². The number of hydrogen-bond donors (Lipinski definition) is 2. The highest BCUT2D eigenvalue weighted by molar-refractivity contribution is 5.85. The van der Waals surface area contributed by atoms with Gasteiger partial charge in [0.1, 0.15) is 12.6 Å². The first-order valence-electron chi connectivity index (χ1n) is 5.61. The zero-order chi connectivity index (χ0) is 13.5. The van der Waals surface area contributed by atoms with E-state index >= 15 is 0 Å². The first kappa shape index (κ1) is 14.2. The van der Waals surface area contributed by atoms with Crippen LogP contribution in [-0.2, 0) is 20.7 Å². The minimum absolute atomic E-state index is 0.338. The molecule has 0 fully saturated rings. The maximum absolute atomic E-state index is 11.6. The average molecular weight is 251 g/mol. The Bertz CT molecular complexity index is 431. The Hall–Kier alpha value is -1.88. The van der Waals surface area contributed by atoms with Crippen LogP contribution in [0.15, 0.2) is 24.3 Å². The molecule has 0 radical (unpaired) electrons. The fourth-order valence-corrected chi connectivity index (χ4v) is 1.63. The van der Waals surface area contributed by atoms with Crippen LogP contribution in [0.4, 0.5) is 0 Å². The molecule has 5 heteroatoms. The molecule has 0 heterocycles. The van der Waals surface area contributed by atoms with E-state index in [9.17, 15) is 9.59 Å². The first-order chi connectivity index (χ1) is 8.58. The molecule has 0 unspecified atom stereocenters. The van der Waals surface area contributed by atoms with Crippen LogP contribution in [-0.4, -0.2) is 36.7 Å². The van der Waals surface area contributed by atoms with Crippen LogP contribution in [0.2, 0.25) is 0 Å². The Kier molecular flexibility index (Phi) is 5.32. The van der Waals surface area contributed by atoms with Crippen molar-refractivity contribution in [3.05, 3.63) is 35.4 Å². The second kappa shape index (κ2) is 6.76. The van der Waals surface area contributed by atoms with Crippen molar-refractivity contribution < 1.29 is 19.4 Å². The van der Waals surface area contributed by atoms with Crippen LogP contribution in [0.1, 0.15) is 11.1 Å². The minimum atomic E-state index is -0.782.